The number of aromatic nitrogens is 2. The van der Waals surface area contributed by atoms with Gasteiger partial charge in [-0.3, -0.25) is 4.79 Å². The van der Waals surface area contributed by atoms with E-state index in [1.807, 2.05) is 0 Å². The summed E-state index contributed by atoms with van der Waals surface area (Å²) < 4.78 is 67.3. The van der Waals surface area contributed by atoms with E-state index >= 15 is 0 Å². The normalized spacial score (nSPS) is 10.8. The lowest BCUT2D eigenvalue weighted by molar-refractivity contribution is 0.0941. The first kappa shape index (κ1) is 15.9. The molecule has 0 aliphatic heterocycles. The highest BCUT2D eigenvalue weighted by Crippen LogP contribution is 2.22. The summed E-state index contributed by atoms with van der Waals surface area (Å²) in [7, 11) is 0. The number of amides is 1. The molecule has 0 aliphatic carbocycles. The molecule has 1 N–H and O–H groups in total. The van der Waals surface area contributed by atoms with Crippen LogP contribution in [-0.2, 0) is 6.54 Å². The Bertz CT molecular complexity index is 658. The molecule has 0 aliphatic rings. The van der Waals surface area contributed by atoms with Gasteiger partial charge in [-0.05, 0) is 6.42 Å². The van der Waals surface area contributed by atoms with Gasteiger partial charge in [0.15, 0.2) is 23.3 Å². The van der Waals surface area contributed by atoms with Gasteiger partial charge in [0.25, 0.3) is 5.91 Å². The van der Waals surface area contributed by atoms with Crippen molar-refractivity contribution in [3.63, 3.8) is 0 Å². The van der Waals surface area contributed by atoms with Gasteiger partial charge in [0.1, 0.15) is 5.56 Å². The molecule has 4 nitrogen and oxygen atoms in total. The maximum absolute atomic E-state index is 13.4. The number of rotatable bonds is 5. The molecule has 0 atom stereocenters. The topological polar surface area (TPSA) is 46.9 Å². The number of carbonyl (C=O) groups excluding carboxylic acids is 1. The Morgan fingerprint density at radius 2 is 1.64 bits per heavy atom. The molecular formula is C13H10F5N3O. The summed E-state index contributed by atoms with van der Waals surface area (Å²) >= 11 is 0. The number of hydrogen-bond acceptors (Lipinski definition) is 2. The Morgan fingerprint density at radius 3 is 2.18 bits per heavy atom. The molecule has 2 aromatic rings. The molecule has 0 radical (unpaired) electrons. The lowest BCUT2D eigenvalue weighted by atomic mass is 10.1. The van der Waals surface area contributed by atoms with Crippen molar-refractivity contribution in [2.45, 2.75) is 13.0 Å². The van der Waals surface area contributed by atoms with E-state index in [1.165, 1.54) is 6.33 Å². The SMILES string of the molecule is O=C(NCCCn1ccnc1)c1c(F)c(F)c(F)c(F)c1F. The predicted octanol–water partition coefficient (Wildman–Crippen LogP) is 2.40. The monoisotopic (exact) mass is 319 g/mol. The maximum atomic E-state index is 13.4. The number of hydrogen-bond donors (Lipinski definition) is 1. The number of nitrogens with one attached hydrogen (secondary N) is 1. The lowest BCUT2D eigenvalue weighted by Gasteiger charge is -2.09. The van der Waals surface area contributed by atoms with Crippen LogP contribution in [0, 0.1) is 29.1 Å². The Kier molecular flexibility index (Phi) is 4.74. The zero-order valence-electron chi connectivity index (χ0n) is 11.0. The van der Waals surface area contributed by atoms with Crippen molar-refractivity contribution in [3.05, 3.63) is 53.4 Å². The highest BCUT2D eigenvalue weighted by molar-refractivity contribution is 5.94. The minimum absolute atomic E-state index is 0.00346. The van der Waals surface area contributed by atoms with Crippen molar-refractivity contribution < 1.29 is 26.7 Å². The Labute approximate surface area is 121 Å². The molecule has 0 saturated carbocycles. The Morgan fingerprint density at radius 1 is 1.05 bits per heavy atom. The summed E-state index contributed by atoms with van der Waals surface area (Å²) in [5, 5.41) is 2.11. The second-order valence-electron chi connectivity index (χ2n) is 4.35. The van der Waals surface area contributed by atoms with Crippen molar-refractivity contribution >= 4 is 5.91 Å². The molecule has 0 spiro atoms. The van der Waals surface area contributed by atoms with Crippen LogP contribution in [0.25, 0.3) is 0 Å². The molecule has 1 heterocycles. The number of carbonyl (C=O) groups is 1. The van der Waals surface area contributed by atoms with Gasteiger partial charge in [0.05, 0.1) is 6.33 Å². The van der Waals surface area contributed by atoms with Crippen LogP contribution in [0.3, 0.4) is 0 Å². The van der Waals surface area contributed by atoms with E-state index in [9.17, 15) is 26.7 Å². The second-order valence-corrected chi connectivity index (χ2v) is 4.35. The van der Waals surface area contributed by atoms with Crippen LogP contribution in [0.4, 0.5) is 22.0 Å². The molecule has 0 unspecified atom stereocenters. The van der Waals surface area contributed by atoms with Crippen LogP contribution in [0.5, 0.6) is 0 Å². The minimum Gasteiger partial charge on any atom is -0.352 e. The van der Waals surface area contributed by atoms with Crippen molar-refractivity contribution in [2.75, 3.05) is 6.54 Å². The number of imidazole rings is 1. The van der Waals surface area contributed by atoms with Gasteiger partial charge in [0, 0.05) is 25.5 Å². The summed E-state index contributed by atoms with van der Waals surface area (Å²) in [5.41, 5.74) is -1.49. The highest BCUT2D eigenvalue weighted by Gasteiger charge is 2.29. The van der Waals surface area contributed by atoms with E-state index in [-0.39, 0.29) is 6.54 Å². The maximum Gasteiger partial charge on any atom is 0.257 e. The summed E-state index contributed by atoms with van der Waals surface area (Å²) in [6.07, 6.45) is 5.14. The van der Waals surface area contributed by atoms with Crippen molar-refractivity contribution in [3.8, 4) is 0 Å². The molecule has 1 amide bonds. The second kappa shape index (κ2) is 6.54. The fourth-order valence-corrected chi connectivity index (χ4v) is 1.78. The van der Waals surface area contributed by atoms with E-state index in [2.05, 4.69) is 10.3 Å². The average Bonchev–Trinajstić information content (AvgIpc) is 3.01. The van der Waals surface area contributed by atoms with Crippen LogP contribution in [0.1, 0.15) is 16.8 Å². The smallest absolute Gasteiger partial charge is 0.257 e. The first-order chi connectivity index (χ1) is 10.4. The zero-order valence-corrected chi connectivity index (χ0v) is 11.0. The quantitative estimate of drug-likeness (QED) is 0.398. The molecule has 118 valence electrons. The van der Waals surface area contributed by atoms with Gasteiger partial charge in [0.2, 0.25) is 5.82 Å². The Hall–Kier alpha value is -2.45. The average molecular weight is 319 g/mol. The van der Waals surface area contributed by atoms with Crippen LogP contribution in [-0.4, -0.2) is 22.0 Å². The summed E-state index contributed by atoms with van der Waals surface area (Å²) in [4.78, 5) is 15.4. The molecule has 1 aromatic heterocycles. The van der Waals surface area contributed by atoms with Crippen LogP contribution in [0.2, 0.25) is 0 Å². The van der Waals surface area contributed by atoms with E-state index in [0.717, 1.165) is 0 Å². The fraction of sp³-hybridized carbons (Fsp3) is 0.231. The molecule has 22 heavy (non-hydrogen) atoms. The third-order valence-corrected chi connectivity index (χ3v) is 2.87. The van der Waals surface area contributed by atoms with Gasteiger partial charge in [-0.1, -0.05) is 0 Å². The van der Waals surface area contributed by atoms with E-state index in [1.54, 1.807) is 17.0 Å². The van der Waals surface area contributed by atoms with Gasteiger partial charge in [-0.15, -0.1) is 0 Å². The van der Waals surface area contributed by atoms with Gasteiger partial charge < -0.3 is 9.88 Å². The largest absolute Gasteiger partial charge is 0.352 e. The standard InChI is InChI=1S/C13H10F5N3O/c14-8-7(9(15)11(17)12(18)10(8)16)13(22)20-2-1-4-21-5-3-19-6-21/h3,5-6H,1-2,4H2,(H,20,22). The molecule has 9 heteroatoms. The molecule has 1 aromatic carbocycles. The van der Waals surface area contributed by atoms with Crippen molar-refractivity contribution in [1.29, 1.82) is 0 Å². The minimum atomic E-state index is -2.30. The van der Waals surface area contributed by atoms with Gasteiger partial charge in [-0.25, -0.2) is 26.9 Å². The summed E-state index contributed by atoms with van der Waals surface area (Å²) in [6.45, 7) is 0.466. The third kappa shape index (κ3) is 3.07. The van der Waals surface area contributed by atoms with Crippen molar-refractivity contribution in [1.82, 2.24) is 14.9 Å². The first-order valence-corrected chi connectivity index (χ1v) is 6.18. The molecular weight excluding hydrogens is 309 g/mol. The van der Waals surface area contributed by atoms with Crippen molar-refractivity contribution in [2.24, 2.45) is 0 Å². The lowest BCUT2D eigenvalue weighted by Crippen LogP contribution is -2.28. The van der Waals surface area contributed by atoms with Gasteiger partial charge >= 0.3 is 0 Å². The zero-order chi connectivity index (χ0) is 16.3. The van der Waals surface area contributed by atoms with Gasteiger partial charge in [-0.2, -0.15) is 0 Å². The van der Waals surface area contributed by atoms with Crippen LogP contribution < -0.4 is 5.32 Å². The molecule has 2 rings (SSSR count). The number of halogens is 5. The van der Waals surface area contributed by atoms with E-state index in [4.69, 9.17) is 0 Å². The highest BCUT2D eigenvalue weighted by atomic mass is 19.2. The van der Waals surface area contributed by atoms with Crippen LogP contribution in [0.15, 0.2) is 18.7 Å². The van der Waals surface area contributed by atoms with E-state index in [0.29, 0.717) is 13.0 Å². The third-order valence-electron chi connectivity index (χ3n) is 2.87. The predicted molar refractivity (Wildman–Crippen MR) is 65.4 cm³/mol. The summed E-state index contributed by atoms with van der Waals surface area (Å²) in [5.74, 6) is -12.3. The fourth-order valence-electron chi connectivity index (χ4n) is 1.78. The van der Waals surface area contributed by atoms with E-state index < -0.39 is 40.6 Å². The number of nitrogens with zero attached hydrogens (tertiary/aromatic N) is 2. The molecule has 0 saturated heterocycles. The van der Waals surface area contributed by atoms with Crippen LogP contribution >= 0.6 is 0 Å². The first-order valence-electron chi connectivity index (χ1n) is 6.18. The summed E-state index contributed by atoms with van der Waals surface area (Å²) in [6, 6.07) is 0. The number of benzene rings is 1. The molecule has 0 fully saturated rings. The Balaban J connectivity index is 2.03. The molecule has 0 bridgehead atoms. The number of aryl methyl sites for hydroxylation is 1.